The van der Waals surface area contributed by atoms with Crippen LogP contribution in [0.1, 0.15) is 25.7 Å². The number of rotatable bonds is 3. The highest BCUT2D eigenvalue weighted by Crippen LogP contribution is 2.19. The predicted octanol–water partition coefficient (Wildman–Crippen LogP) is -0.242. The summed E-state index contributed by atoms with van der Waals surface area (Å²) in [5, 5.41) is 0. The van der Waals surface area contributed by atoms with Crippen LogP contribution in [-0.2, 0) is 9.53 Å². The van der Waals surface area contributed by atoms with E-state index in [2.05, 4.69) is 0 Å². The molecule has 4 heteroatoms. The minimum Gasteiger partial charge on any atom is -0.368 e. The lowest BCUT2D eigenvalue weighted by Gasteiger charge is -2.25. The van der Waals surface area contributed by atoms with Crippen LogP contribution in [0, 0.1) is 0 Å². The Morgan fingerprint density at radius 2 is 1.92 bits per heavy atom. The van der Waals surface area contributed by atoms with Gasteiger partial charge in [-0.2, -0.15) is 0 Å². The van der Waals surface area contributed by atoms with Crippen molar-refractivity contribution in [2.75, 3.05) is 6.61 Å². The Morgan fingerprint density at radius 3 is 2.42 bits per heavy atom. The van der Waals surface area contributed by atoms with Gasteiger partial charge in [-0.25, -0.2) is 0 Å². The Morgan fingerprint density at radius 1 is 1.33 bits per heavy atom. The topological polar surface area (TPSA) is 78.3 Å². The Bertz CT molecular complexity index is 153. The fraction of sp³-hybridized carbons (Fsp3) is 0.875. The second-order valence-corrected chi connectivity index (χ2v) is 3.31. The lowest BCUT2D eigenvalue weighted by atomic mass is 9.94. The minimum absolute atomic E-state index is 0.0416. The van der Waals surface area contributed by atoms with Crippen molar-refractivity contribution in [2.24, 2.45) is 11.5 Å². The molecule has 1 fully saturated rings. The highest BCUT2D eigenvalue weighted by molar-refractivity contribution is 5.74. The first-order chi connectivity index (χ1) is 5.68. The number of hydrogen-bond donors (Lipinski definition) is 2. The van der Waals surface area contributed by atoms with Crippen LogP contribution in [0.4, 0.5) is 0 Å². The summed E-state index contributed by atoms with van der Waals surface area (Å²) in [5.41, 5.74) is 10.7. The monoisotopic (exact) mass is 172 g/mol. The zero-order valence-corrected chi connectivity index (χ0v) is 7.16. The first kappa shape index (κ1) is 9.48. The Hall–Kier alpha value is -0.610. The third-order valence-electron chi connectivity index (χ3n) is 2.18. The summed E-state index contributed by atoms with van der Waals surface area (Å²) in [5.74, 6) is -0.398. The number of primary amides is 1. The molecule has 12 heavy (non-hydrogen) atoms. The summed E-state index contributed by atoms with van der Waals surface area (Å²) in [6, 6.07) is 0.318. The molecule has 1 saturated carbocycles. The van der Waals surface area contributed by atoms with Gasteiger partial charge in [-0.15, -0.1) is 0 Å². The third-order valence-corrected chi connectivity index (χ3v) is 2.18. The second-order valence-electron chi connectivity index (χ2n) is 3.31. The first-order valence-corrected chi connectivity index (χ1v) is 4.34. The molecular weight excluding hydrogens is 156 g/mol. The normalized spacial score (nSPS) is 30.1. The van der Waals surface area contributed by atoms with Gasteiger partial charge in [0.25, 0.3) is 0 Å². The standard InChI is InChI=1S/C8H16N2O2/c9-6-1-3-7(4-2-6)12-5-8(10)11/h6-7H,1-5,9H2,(H2,10,11). The van der Waals surface area contributed by atoms with Crippen molar-refractivity contribution >= 4 is 5.91 Å². The molecule has 0 saturated heterocycles. The second kappa shape index (κ2) is 4.42. The van der Waals surface area contributed by atoms with Crippen LogP contribution >= 0.6 is 0 Å². The van der Waals surface area contributed by atoms with Crippen LogP contribution < -0.4 is 11.5 Å². The largest absolute Gasteiger partial charge is 0.368 e. The van der Waals surface area contributed by atoms with Crippen molar-refractivity contribution in [2.45, 2.75) is 37.8 Å². The average molecular weight is 172 g/mol. The van der Waals surface area contributed by atoms with E-state index in [4.69, 9.17) is 16.2 Å². The molecular formula is C8H16N2O2. The van der Waals surface area contributed by atoms with E-state index in [0.29, 0.717) is 6.04 Å². The number of amides is 1. The van der Waals surface area contributed by atoms with E-state index in [1.54, 1.807) is 0 Å². The van der Waals surface area contributed by atoms with E-state index >= 15 is 0 Å². The molecule has 0 aliphatic heterocycles. The summed E-state index contributed by atoms with van der Waals surface area (Å²) in [6.07, 6.45) is 4.08. The molecule has 0 aromatic rings. The Labute approximate surface area is 72.2 Å². The van der Waals surface area contributed by atoms with Gasteiger partial charge in [0.1, 0.15) is 6.61 Å². The van der Waals surface area contributed by atoms with Gasteiger partial charge in [0, 0.05) is 6.04 Å². The molecule has 4 nitrogen and oxygen atoms in total. The molecule has 0 aromatic heterocycles. The molecule has 1 aliphatic carbocycles. The van der Waals surface area contributed by atoms with Crippen molar-refractivity contribution < 1.29 is 9.53 Å². The summed E-state index contributed by atoms with van der Waals surface area (Å²) in [7, 11) is 0. The van der Waals surface area contributed by atoms with Crippen LogP contribution in [-0.4, -0.2) is 24.7 Å². The minimum atomic E-state index is -0.398. The molecule has 0 unspecified atom stereocenters. The SMILES string of the molecule is NC(=O)COC1CCC(N)CC1. The zero-order valence-electron chi connectivity index (χ0n) is 7.16. The first-order valence-electron chi connectivity index (χ1n) is 4.34. The van der Waals surface area contributed by atoms with Crippen LogP contribution in [0.25, 0.3) is 0 Å². The molecule has 0 spiro atoms. The average Bonchev–Trinajstić information content (AvgIpc) is 2.03. The molecule has 0 heterocycles. The third kappa shape index (κ3) is 3.19. The number of carbonyl (C=O) groups excluding carboxylic acids is 1. The van der Waals surface area contributed by atoms with Crippen LogP contribution in [0.15, 0.2) is 0 Å². The quantitative estimate of drug-likeness (QED) is 0.616. The van der Waals surface area contributed by atoms with Crippen molar-refractivity contribution in [1.82, 2.24) is 0 Å². The van der Waals surface area contributed by atoms with Gasteiger partial charge in [0.05, 0.1) is 6.10 Å². The summed E-state index contributed by atoms with van der Waals surface area (Å²) >= 11 is 0. The van der Waals surface area contributed by atoms with Gasteiger partial charge in [-0.05, 0) is 25.7 Å². The Kier molecular flexibility index (Phi) is 3.49. The van der Waals surface area contributed by atoms with E-state index in [1.165, 1.54) is 0 Å². The molecule has 1 rings (SSSR count). The summed E-state index contributed by atoms with van der Waals surface area (Å²) in [6.45, 7) is 0.0416. The van der Waals surface area contributed by atoms with Crippen molar-refractivity contribution in [1.29, 1.82) is 0 Å². The van der Waals surface area contributed by atoms with Crippen molar-refractivity contribution in [3.63, 3.8) is 0 Å². The fourth-order valence-corrected chi connectivity index (χ4v) is 1.46. The lowest BCUT2D eigenvalue weighted by molar-refractivity contribution is -0.125. The number of hydrogen-bond acceptors (Lipinski definition) is 3. The van der Waals surface area contributed by atoms with Gasteiger partial charge in [0.15, 0.2) is 0 Å². The fourth-order valence-electron chi connectivity index (χ4n) is 1.46. The molecule has 4 N–H and O–H groups in total. The van der Waals surface area contributed by atoms with Crippen molar-refractivity contribution in [3.05, 3.63) is 0 Å². The molecule has 1 aliphatic rings. The van der Waals surface area contributed by atoms with Gasteiger partial charge in [-0.1, -0.05) is 0 Å². The van der Waals surface area contributed by atoms with Gasteiger partial charge < -0.3 is 16.2 Å². The van der Waals surface area contributed by atoms with Crippen LogP contribution in [0.3, 0.4) is 0 Å². The smallest absolute Gasteiger partial charge is 0.243 e. The number of ether oxygens (including phenoxy) is 1. The molecule has 0 atom stereocenters. The van der Waals surface area contributed by atoms with Crippen LogP contribution in [0.5, 0.6) is 0 Å². The van der Waals surface area contributed by atoms with Gasteiger partial charge in [0.2, 0.25) is 5.91 Å². The van der Waals surface area contributed by atoms with Gasteiger partial charge in [-0.3, -0.25) is 4.79 Å². The summed E-state index contributed by atoms with van der Waals surface area (Å²) < 4.78 is 5.26. The number of nitrogens with two attached hydrogens (primary N) is 2. The molecule has 0 aromatic carbocycles. The highest BCUT2D eigenvalue weighted by Gasteiger charge is 2.18. The zero-order chi connectivity index (χ0) is 8.97. The van der Waals surface area contributed by atoms with Crippen molar-refractivity contribution in [3.8, 4) is 0 Å². The maximum atomic E-state index is 10.4. The Balaban J connectivity index is 2.13. The molecule has 0 radical (unpaired) electrons. The van der Waals surface area contributed by atoms with Crippen LogP contribution in [0.2, 0.25) is 0 Å². The van der Waals surface area contributed by atoms with E-state index in [0.717, 1.165) is 25.7 Å². The predicted molar refractivity (Wildman–Crippen MR) is 45.4 cm³/mol. The highest BCUT2D eigenvalue weighted by atomic mass is 16.5. The van der Waals surface area contributed by atoms with E-state index in [1.807, 2.05) is 0 Å². The van der Waals surface area contributed by atoms with E-state index in [9.17, 15) is 4.79 Å². The number of carbonyl (C=O) groups is 1. The maximum absolute atomic E-state index is 10.4. The molecule has 0 bridgehead atoms. The molecule has 70 valence electrons. The maximum Gasteiger partial charge on any atom is 0.243 e. The molecule has 1 amide bonds. The van der Waals surface area contributed by atoms with E-state index in [-0.39, 0.29) is 12.7 Å². The van der Waals surface area contributed by atoms with E-state index < -0.39 is 5.91 Å². The summed E-state index contributed by atoms with van der Waals surface area (Å²) in [4.78, 5) is 10.4. The van der Waals surface area contributed by atoms with Gasteiger partial charge >= 0.3 is 0 Å². The lowest BCUT2D eigenvalue weighted by Crippen LogP contribution is -2.32.